The molecule has 0 radical (unpaired) electrons. The van der Waals surface area contributed by atoms with Crippen LogP contribution in [0.4, 0.5) is 5.82 Å². The van der Waals surface area contributed by atoms with Crippen LogP contribution in [0.25, 0.3) is 0 Å². The lowest BCUT2D eigenvalue weighted by Crippen LogP contribution is -2.44. The molecule has 1 aliphatic rings. The smallest absolute Gasteiger partial charge is 0.340 e. The molecule has 1 N–H and O–H groups in total. The first-order valence-corrected chi connectivity index (χ1v) is 6.72. The van der Waals surface area contributed by atoms with Crippen LogP contribution >= 0.6 is 24.8 Å². The summed E-state index contributed by atoms with van der Waals surface area (Å²) in [6.45, 7) is 7.16. The van der Waals surface area contributed by atoms with Gasteiger partial charge in [-0.1, -0.05) is 0 Å². The fourth-order valence-electron chi connectivity index (χ4n) is 2.21. The van der Waals surface area contributed by atoms with Gasteiger partial charge in [-0.05, 0) is 19.9 Å². The van der Waals surface area contributed by atoms with Crippen LogP contribution in [0.3, 0.4) is 0 Å². The molecule has 6 nitrogen and oxygen atoms in total. The topological polar surface area (TPSA) is 78.2 Å². The molecule has 2 rings (SSSR count). The van der Waals surface area contributed by atoms with Crippen molar-refractivity contribution in [1.29, 1.82) is 5.26 Å². The second-order valence-electron chi connectivity index (χ2n) is 4.56. The monoisotopic (exact) mass is 346 g/mol. The van der Waals surface area contributed by atoms with Crippen molar-refractivity contribution in [2.45, 2.75) is 13.8 Å². The zero-order valence-electron chi connectivity index (χ0n) is 12.6. The molecule has 0 bridgehead atoms. The quantitative estimate of drug-likeness (QED) is 0.839. The van der Waals surface area contributed by atoms with E-state index in [1.165, 1.54) is 0 Å². The molecular weight excluding hydrogens is 327 g/mol. The first-order valence-electron chi connectivity index (χ1n) is 6.72. The summed E-state index contributed by atoms with van der Waals surface area (Å²) < 4.78 is 4.98. The van der Waals surface area contributed by atoms with Crippen LogP contribution in [0.1, 0.15) is 28.5 Å². The Labute approximate surface area is 142 Å². The number of hydrogen-bond acceptors (Lipinski definition) is 6. The van der Waals surface area contributed by atoms with Gasteiger partial charge < -0.3 is 15.0 Å². The van der Waals surface area contributed by atoms with Crippen LogP contribution in [0.15, 0.2) is 6.07 Å². The number of nitrogens with zero attached hydrogens (tertiary/aromatic N) is 3. The molecule has 0 spiro atoms. The van der Waals surface area contributed by atoms with E-state index in [1.807, 2.05) is 0 Å². The summed E-state index contributed by atoms with van der Waals surface area (Å²) >= 11 is 0. The summed E-state index contributed by atoms with van der Waals surface area (Å²) in [6, 6.07) is 3.71. The first-order chi connectivity index (χ1) is 9.67. The van der Waals surface area contributed by atoms with E-state index in [0.717, 1.165) is 26.2 Å². The van der Waals surface area contributed by atoms with Gasteiger partial charge in [0.2, 0.25) is 0 Å². The lowest BCUT2D eigenvalue weighted by molar-refractivity contribution is 0.0525. The highest BCUT2D eigenvalue weighted by Gasteiger charge is 2.20. The fraction of sp³-hybridized carbons (Fsp3) is 0.500. The van der Waals surface area contributed by atoms with E-state index in [0.29, 0.717) is 29.2 Å². The highest BCUT2D eigenvalue weighted by molar-refractivity contribution is 5.91. The van der Waals surface area contributed by atoms with Crippen LogP contribution in [-0.4, -0.2) is 43.7 Å². The normalized spacial score (nSPS) is 13.4. The van der Waals surface area contributed by atoms with E-state index in [1.54, 1.807) is 19.9 Å². The highest BCUT2D eigenvalue weighted by atomic mass is 35.5. The number of aryl methyl sites for hydroxylation is 1. The van der Waals surface area contributed by atoms with Gasteiger partial charge in [0.25, 0.3) is 0 Å². The number of rotatable bonds is 3. The number of nitriles is 1. The van der Waals surface area contributed by atoms with E-state index in [-0.39, 0.29) is 24.8 Å². The molecule has 8 heteroatoms. The fourth-order valence-corrected chi connectivity index (χ4v) is 2.21. The van der Waals surface area contributed by atoms with Crippen molar-refractivity contribution >= 4 is 36.6 Å². The Hall–Kier alpha value is -1.55. The van der Waals surface area contributed by atoms with Crippen molar-refractivity contribution in [3.63, 3.8) is 0 Å². The molecule has 0 aromatic carbocycles. The maximum Gasteiger partial charge on any atom is 0.340 e. The SMILES string of the molecule is CCOC(=O)c1cc(C#N)c(N2CCNCC2)nc1C.Cl.Cl. The third-order valence-corrected chi connectivity index (χ3v) is 3.23. The van der Waals surface area contributed by atoms with E-state index < -0.39 is 5.97 Å². The zero-order valence-corrected chi connectivity index (χ0v) is 14.2. The standard InChI is InChI=1S/C14H18N4O2.2ClH/c1-3-20-14(19)12-8-11(9-15)13(17-10(12)2)18-6-4-16-5-7-18;;/h8,16H,3-7H2,1-2H3;2*1H. The molecule has 0 atom stereocenters. The van der Waals surface area contributed by atoms with Gasteiger partial charge in [-0.3, -0.25) is 0 Å². The predicted octanol–water partition coefficient (Wildman–Crippen LogP) is 1.69. The first kappa shape index (κ1) is 20.5. The second kappa shape index (κ2) is 9.46. The third kappa shape index (κ3) is 4.47. The number of carbonyl (C=O) groups excluding carboxylic acids is 1. The molecule has 1 aromatic heterocycles. The number of pyridine rings is 1. The Morgan fingerprint density at radius 3 is 2.64 bits per heavy atom. The largest absolute Gasteiger partial charge is 0.462 e. The minimum absolute atomic E-state index is 0. The zero-order chi connectivity index (χ0) is 14.5. The minimum atomic E-state index is -0.430. The van der Waals surface area contributed by atoms with Crippen molar-refractivity contribution in [3.8, 4) is 6.07 Å². The number of ether oxygens (including phenoxy) is 1. The molecule has 0 aliphatic carbocycles. The number of esters is 1. The molecule has 22 heavy (non-hydrogen) atoms. The lowest BCUT2D eigenvalue weighted by Gasteiger charge is -2.29. The highest BCUT2D eigenvalue weighted by Crippen LogP contribution is 2.21. The maximum atomic E-state index is 11.8. The molecule has 122 valence electrons. The van der Waals surface area contributed by atoms with Gasteiger partial charge in [-0.25, -0.2) is 9.78 Å². The van der Waals surface area contributed by atoms with Gasteiger partial charge in [0.05, 0.1) is 23.4 Å². The van der Waals surface area contributed by atoms with Gasteiger partial charge in [0, 0.05) is 26.2 Å². The molecule has 1 fully saturated rings. The van der Waals surface area contributed by atoms with Crippen LogP contribution in [0.2, 0.25) is 0 Å². The van der Waals surface area contributed by atoms with Gasteiger partial charge in [0.15, 0.2) is 0 Å². The number of nitrogens with one attached hydrogen (secondary N) is 1. The Morgan fingerprint density at radius 1 is 1.45 bits per heavy atom. The average molecular weight is 347 g/mol. The Bertz CT molecular complexity index is 555. The average Bonchev–Trinajstić information content (AvgIpc) is 2.48. The predicted molar refractivity (Wildman–Crippen MR) is 89.2 cm³/mol. The van der Waals surface area contributed by atoms with Gasteiger partial charge in [0.1, 0.15) is 11.9 Å². The number of carbonyl (C=O) groups is 1. The number of aromatic nitrogens is 1. The third-order valence-electron chi connectivity index (χ3n) is 3.23. The summed E-state index contributed by atoms with van der Waals surface area (Å²) in [6.07, 6.45) is 0. The van der Waals surface area contributed by atoms with Gasteiger partial charge in [-0.15, -0.1) is 24.8 Å². The maximum absolute atomic E-state index is 11.8. The van der Waals surface area contributed by atoms with Gasteiger partial charge in [-0.2, -0.15) is 5.26 Å². The Balaban J connectivity index is 0.00000220. The van der Waals surface area contributed by atoms with Crippen molar-refractivity contribution in [2.75, 3.05) is 37.7 Å². The van der Waals surface area contributed by atoms with E-state index in [9.17, 15) is 10.1 Å². The Kier molecular flexibility index (Phi) is 8.80. The van der Waals surface area contributed by atoms with Crippen molar-refractivity contribution in [3.05, 3.63) is 22.9 Å². The molecule has 0 amide bonds. The molecule has 1 aliphatic heterocycles. The minimum Gasteiger partial charge on any atom is -0.462 e. The molecular formula is C14H20Cl2N4O2. The van der Waals surface area contributed by atoms with Crippen molar-refractivity contribution < 1.29 is 9.53 Å². The van der Waals surface area contributed by atoms with Crippen LogP contribution < -0.4 is 10.2 Å². The number of hydrogen-bond donors (Lipinski definition) is 1. The molecule has 0 unspecified atom stereocenters. The summed E-state index contributed by atoms with van der Waals surface area (Å²) in [5.41, 5.74) is 1.37. The van der Waals surface area contributed by atoms with Gasteiger partial charge >= 0.3 is 5.97 Å². The van der Waals surface area contributed by atoms with Crippen molar-refractivity contribution in [2.24, 2.45) is 0 Å². The lowest BCUT2D eigenvalue weighted by atomic mass is 10.1. The number of piperazine rings is 1. The molecule has 1 aromatic rings. The van der Waals surface area contributed by atoms with Crippen LogP contribution in [0.5, 0.6) is 0 Å². The summed E-state index contributed by atoms with van der Waals surface area (Å²) in [5, 5.41) is 12.5. The summed E-state index contributed by atoms with van der Waals surface area (Å²) in [5.74, 6) is 0.223. The van der Waals surface area contributed by atoms with E-state index >= 15 is 0 Å². The van der Waals surface area contributed by atoms with Crippen LogP contribution in [-0.2, 0) is 4.74 Å². The second-order valence-corrected chi connectivity index (χ2v) is 4.56. The Morgan fingerprint density at radius 2 is 2.09 bits per heavy atom. The molecule has 0 saturated carbocycles. The summed E-state index contributed by atoms with van der Waals surface area (Å²) in [7, 11) is 0. The van der Waals surface area contributed by atoms with E-state index in [4.69, 9.17) is 4.74 Å². The molecule has 2 heterocycles. The summed E-state index contributed by atoms with van der Waals surface area (Å²) in [4.78, 5) is 18.3. The van der Waals surface area contributed by atoms with E-state index in [2.05, 4.69) is 21.3 Å². The van der Waals surface area contributed by atoms with Crippen LogP contribution in [0, 0.1) is 18.3 Å². The van der Waals surface area contributed by atoms with Crippen molar-refractivity contribution in [1.82, 2.24) is 10.3 Å². The number of anilines is 1. The number of halogens is 2. The molecule has 1 saturated heterocycles.